The molecule has 1 atom stereocenters. The van der Waals surface area contributed by atoms with E-state index in [1.54, 1.807) is 17.0 Å². The first-order chi connectivity index (χ1) is 7.20. The van der Waals surface area contributed by atoms with Gasteiger partial charge in [-0.1, -0.05) is 6.92 Å². The Morgan fingerprint density at radius 2 is 2.47 bits per heavy atom. The van der Waals surface area contributed by atoms with Gasteiger partial charge in [-0.3, -0.25) is 0 Å². The summed E-state index contributed by atoms with van der Waals surface area (Å²) in [6, 6.07) is -0.681. The summed E-state index contributed by atoms with van der Waals surface area (Å²) in [7, 11) is 1.49. The zero-order chi connectivity index (χ0) is 11.3. The van der Waals surface area contributed by atoms with Crippen molar-refractivity contribution in [3.05, 3.63) is 18.2 Å². The van der Waals surface area contributed by atoms with E-state index in [4.69, 9.17) is 9.84 Å². The molecule has 1 N–H and O–H groups in total. The van der Waals surface area contributed by atoms with E-state index in [-0.39, 0.29) is 6.61 Å². The predicted molar refractivity (Wildman–Crippen MR) is 54.8 cm³/mol. The number of carbonyl (C=O) groups is 1. The highest BCUT2D eigenvalue weighted by molar-refractivity contribution is 5.72. The lowest BCUT2D eigenvalue weighted by Crippen LogP contribution is -2.24. The maximum Gasteiger partial charge on any atom is 0.329 e. The number of ether oxygens (including phenoxy) is 1. The Labute approximate surface area is 88.7 Å². The number of nitrogens with zero attached hydrogens (tertiary/aromatic N) is 2. The molecule has 5 heteroatoms. The van der Waals surface area contributed by atoms with Crippen molar-refractivity contribution in [2.24, 2.45) is 0 Å². The lowest BCUT2D eigenvalue weighted by Gasteiger charge is -2.15. The van der Waals surface area contributed by atoms with Gasteiger partial charge in [0.2, 0.25) is 0 Å². The van der Waals surface area contributed by atoms with Gasteiger partial charge in [0.15, 0.2) is 6.04 Å². The van der Waals surface area contributed by atoms with Crippen molar-refractivity contribution in [2.45, 2.75) is 25.8 Å². The van der Waals surface area contributed by atoms with Crippen molar-refractivity contribution >= 4 is 5.97 Å². The van der Waals surface area contributed by atoms with Crippen LogP contribution in [0.5, 0.6) is 0 Å². The molecule has 1 aromatic rings. The minimum atomic E-state index is -0.896. The molecule has 0 aliphatic heterocycles. The van der Waals surface area contributed by atoms with E-state index in [1.807, 2.05) is 6.92 Å². The van der Waals surface area contributed by atoms with Gasteiger partial charge in [-0.2, -0.15) is 0 Å². The first-order valence-corrected chi connectivity index (χ1v) is 4.94. The highest BCUT2D eigenvalue weighted by atomic mass is 16.5. The first-order valence-electron chi connectivity index (χ1n) is 4.94. The van der Waals surface area contributed by atoms with E-state index < -0.39 is 12.0 Å². The number of carboxylic acids is 1. The number of hydrogen-bond acceptors (Lipinski definition) is 3. The van der Waals surface area contributed by atoms with Gasteiger partial charge in [0, 0.05) is 25.9 Å². The van der Waals surface area contributed by atoms with Crippen LogP contribution in [0.3, 0.4) is 0 Å². The molecule has 0 saturated heterocycles. The molecule has 0 aliphatic rings. The van der Waals surface area contributed by atoms with Crippen molar-refractivity contribution in [3.8, 4) is 0 Å². The molecule has 0 radical (unpaired) electrons. The third-order valence-electron chi connectivity index (χ3n) is 2.17. The molecular weight excluding hydrogens is 196 g/mol. The highest BCUT2D eigenvalue weighted by Gasteiger charge is 2.21. The summed E-state index contributed by atoms with van der Waals surface area (Å²) in [5, 5.41) is 9.04. The summed E-state index contributed by atoms with van der Waals surface area (Å²) < 4.78 is 6.55. The van der Waals surface area contributed by atoms with Crippen molar-refractivity contribution in [2.75, 3.05) is 13.7 Å². The van der Waals surface area contributed by atoms with E-state index in [1.165, 1.54) is 7.11 Å². The van der Waals surface area contributed by atoms with Gasteiger partial charge >= 0.3 is 5.97 Å². The number of carboxylic acid groups (broad SMARTS) is 1. The molecule has 5 nitrogen and oxygen atoms in total. The van der Waals surface area contributed by atoms with Crippen molar-refractivity contribution in [3.63, 3.8) is 0 Å². The highest BCUT2D eigenvalue weighted by Crippen LogP contribution is 2.12. The molecule has 84 valence electrons. The molecule has 0 aliphatic carbocycles. The van der Waals surface area contributed by atoms with Gasteiger partial charge in [-0.25, -0.2) is 9.78 Å². The topological polar surface area (TPSA) is 64.4 Å². The number of aromatic nitrogens is 2. The molecule has 1 unspecified atom stereocenters. The largest absolute Gasteiger partial charge is 0.480 e. The molecule has 1 heterocycles. The van der Waals surface area contributed by atoms with E-state index in [9.17, 15) is 4.79 Å². The van der Waals surface area contributed by atoms with Crippen LogP contribution in [0.15, 0.2) is 12.4 Å². The predicted octanol–water partition coefficient (Wildman–Crippen LogP) is 1.11. The third-order valence-corrected chi connectivity index (χ3v) is 2.17. The Morgan fingerprint density at radius 3 is 3.00 bits per heavy atom. The smallest absolute Gasteiger partial charge is 0.329 e. The van der Waals surface area contributed by atoms with Crippen LogP contribution in [0.2, 0.25) is 0 Å². The van der Waals surface area contributed by atoms with E-state index in [0.717, 1.165) is 18.7 Å². The molecule has 1 aromatic heterocycles. The van der Waals surface area contributed by atoms with E-state index in [0.29, 0.717) is 0 Å². The summed E-state index contributed by atoms with van der Waals surface area (Å²) in [4.78, 5) is 15.2. The maximum absolute atomic E-state index is 11.0. The van der Waals surface area contributed by atoms with Crippen LogP contribution in [0.25, 0.3) is 0 Å². The van der Waals surface area contributed by atoms with Crippen LogP contribution in [0, 0.1) is 0 Å². The summed E-state index contributed by atoms with van der Waals surface area (Å²) in [5.41, 5.74) is 0. The number of aliphatic carboxylic acids is 1. The standard InChI is InChI=1S/C10H16N2O3/c1-3-4-9-11-5-6-12(9)8(7-15-2)10(13)14/h5-6,8H,3-4,7H2,1-2H3,(H,13,14). The van der Waals surface area contributed by atoms with Gasteiger partial charge in [0.05, 0.1) is 6.61 Å². The molecule has 0 bridgehead atoms. The summed E-state index contributed by atoms with van der Waals surface area (Å²) in [6.45, 7) is 2.19. The lowest BCUT2D eigenvalue weighted by atomic mass is 10.2. The van der Waals surface area contributed by atoms with Gasteiger partial charge in [0.25, 0.3) is 0 Å². The Hall–Kier alpha value is -1.36. The fourth-order valence-corrected chi connectivity index (χ4v) is 1.47. The summed E-state index contributed by atoms with van der Waals surface area (Å²) in [5.74, 6) is -0.103. The van der Waals surface area contributed by atoms with Crippen molar-refractivity contribution in [1.82, 2.24) is 9.55 Å². The quantitative estimate of drug-likeness (QED) is 0.767. The molecule has 0 saturated carbocycles. The second kappa shape index (κ2) is 5.50. The zero-order valence-electron chi connectivity index (χ0n) is 9.01. The molecular formula is C10H16N2O3. The second-order valence-electron chi connectivity index (χ2n) is 3.31. The first kappa shape index (κ1) is 11.7. The lowest BCUT2D eigenvalue weighted by molar-refractivity contribution is -0.142. The van der Waals surface area contributed by atoms with Gasteiger partial charge in [-0.15, -0.1) is 0 Å². The SMILES string of the molecule is CCCc1nccn1C(COC)C(=O)O. The average Bonchev–Trinajstić information content (AvgIpc) is 2.62. The van der Waals surface area contributed by atoms with Crippen LogP contribution >= 0.6 is 0 Å². The average molecular weight is 212 g/mol. The number of hydrogen-bond donors (Lipinski definition) is 1. The molecule has 0 spiro atoms. The molecule has 1 rings (SSSR count). The molecule has 15 heavy (non-hydrogen) atoms. The van der Waals surface area contributed by atoms with Gasteiger partial charge < -0.3 is 14.4 Å². The van der Waals surface area contributed by atoms with Crippen LogP contribution in [0.1, 0.15) is 25.2 Å². The number of rotatable bonds is 6. The monoisotopic (exact) mass is 212 g/mol. The Morgan fingerprint density at radius 1 is 1.73 bits per heavy atom. The normalized spacial score (nSPS) is 12.7. The van der Waals surface area contributed by atoms with Crippen LogP contribution in [-0.2, 0) is 16.0 Å². The third kappa shape index (κ3) is 2.79. The second-order valence-corrected chi connectivity index (χ2v) is 3.31. The minimum absolute atomic E-state index is 0.155. The van der Waals surface area contributed by atoms with Crippen LogP contribution in [0.4, 0.5) is 0 Å². The van der Waals surface area contributed by atoms with Crippen LogP contribution < -0.4 is 0 Å². The Balaban J connectivity index is 2.89. The number of aryl methyl sites for hydroxylation is 1. The maximum atomic E-state index is 11.0. The van der Waals surface area contributed by atoms with E-state index >= 15 is 0 Å². The van der Waals surface area contributed by atoms with Crippen molar-refractivity contribution < 1.29 is 14.6 Å². The summed E-state index contributed by atoms with van der Waals surface area (Å²) in [6.07, 6.45) is 5.02. The molecule has 0 aromatic carbocycles. The van der Waals surface area contributed by atoms with Crippen molar-refractivity contribution in [1.29, 1.82) is 0 Å². The number of methoxy groups -OCH3 is 1. The summed E-state index contributed by atoms with van der Waals surface area (Å²) >= 11 is 0. The fraction of sp³-hybridized carbons (Fsp3) is 0.600. The zero-order valence-corrected chi connectivity index (χ0v) is 9.01. The minimum Gasteiger partial charge on any atom is -0.480 e. The Bertz CT molecular complexity index is 322. The van der Waals surface area contributed by atoms with Crippen LogP contribution in [-0.4, -0.2) is 34.3 Å². The fourth-order valence-electron chi connectivity index (χ4n) is 1.47. The molecule has 0 fully saturated rings. The Kier molecular flexibility index (Phi) is 4.30. The van der Waals surface area contributed by atoms with Gasteiger partial charge in [-0.05, 0) is 6.42 Å². The number of imidazole rings is 1. The molecule has 0 amide bonds. The van der Waals surface area contributed by atoms with Gasteiger partial charge in [0.1, 0.15) is 5.82 Å². The van der Waals surface area contributed by atoms with E-state index in [2.05, 4.69) is 4.98 Å².